The van der Waals surface area contributed by atoms with Gasteiger partial charge in [0.2, 0.25) is 5.78 Å². The van der Waals surface area contributed by atoms with Gasteiger partial charge < -0.3 is 24.2 Å². The molecule has 0 fully saturated rings. The number of carbonyl (C=O) groups is 2. The highest BCUT2D eigenvalue weighted by Crippen LogP contribution is 2.22. The summed E-state index contributed by atoms with van der Waals surface area (Å²) in [6, 6.07) is 2.72. The molecule has 112 valence electrons. The largest absolute Gasteiger partial charge is 0.481 e. The highest BCUT2D eigenvalue weighted by atomic mass is 16.4. The fourth-order valence-electron chi connectivity index (χ4n) is 2.06. The lowest BCUT2D eigenvalue weighted by molar-refractivity contribution is -0.875. The standard InChI is InChI=1S/C13H19NO6/c1-14(2,3)8-13(19,6-11(16)17)12(18)10-5-4-9(7-15)20-10/h4-5,15,19H,6-8H2,1-3H3/p+1. The minimum absolute atomic E-state index is 0.0761. The third kappa shape index (κ3) is 4.16. The number of aliphatic hydroxyl groups is 2. The Kier molecular flexibility index (Phi) is 4.69. The molecule has 0 aromatic carbocycles. The van der Waals surface area contributed by atoms with E-state index in [4.69, 9.17) is 14.6 Å². The molecule has 1 rings (SSSR count). The van der Waals surface area contributed by atoms with Crippen molar-refractivity contribution in [1.82, 2.24) is 0 Å². The summed E-state index contributed by atoms with van der Waals surface area (Å²) >= 11 is 0. The third-order valence-electron chi connectivity index (χ3n) is 2.64. The molecule has 1 atom stereocenters. The number of furan rings is 1. The van der Waals surface area contributed by atoms with E-state index in [1.165, 1.54) is 12.1 Å². The Morgan fingerprint density at radius 3 is 2.30 bits per heavy atom. The molecule has 0 aliphatic heterocycles. The second-order valence-corrected chi connectivity index (χ2v) is 5.80. The average molecular weight is 286 g/mol. The second-order valence-electron chi connectivity index (χ2n) is 5.80. The maximum Gasteiger partial charge on any atom is 0.307 e. The van der Waals surface area contributed by atoms with Crippen molar-refractivity contribution in [2.75, 3.05) is 27.7 Å². The van der Waals surface area contributed by atoms with E-state index in [1.807, 2.05) is 0 Å². The van der Waals surface area contributed by atoms with Crippen molar-refractivity contribution in [3.05, 3.63) is 23.7 Å². The number of quaternary nitrogens is 1. The predicted octanol–water partition coefficient (Wildman–Crippen LogP) is -0.133. The number of Topliss-reactive ketones (excluding diaryl/α,β-unsaturated/α-hetero) is 1. The summed E-state index contributed by atoms with van der Waals surface area (Å²) in [6.45, 7) is -0.451. The molecule has 3 N–H and O–H groups in total. The topological polar surface area (TPSA) is 108 Å². The smallest absolute Gasteiger partial charge is 0.307 e. The van der Waals surface area contributed by atoms with E-state index >= 15 is 0 Å². The minimum Gasteiger partial charge on any atom is -0.481 e. The number of ketones is 1. The summed E-state index contributed by atoms with van der Waals surface area (Å²) in [6.07, 6.45) is -0.712. The zero-order chi connectivity index (χ0) is 15.6. The van der Waals surface area contributed by atoms with E-state index in [0.29, 0.717) is 0 Å². The first-order valence-electron chi connectivity index (χ1n) is 6.06. The molecule has 0 saturated carbocycles. The van der Waals surface area contributed by atoms with Gasteiger partial charge >= 0.3 is 5.97 Å². The molecule has 1 heterocycles. The molecule has 7 nitrogen and oxygen atoms in total. The van der Waals surface area contributed by atoms with Gasteiger partial charge in [-0.05, 0) is 12.1 Å². The molecule has 1 aromatic rings. The lowest BCUT2D eigenvalue weighted by Crippen LogP contribution is -2.54. The van der Waals surface area contributed by atoms with Crippen molar-refractivity contribution in [3.63, 3.8) is 0 Å². The van der Waals surface area contributed by atoms with Crippen molar-refractivity contribution < 1.29 is 33.8 Å². The third-order valence-corrected chi connectivity index (χ3v) is 2.64. The first-order chi connectivity index (χ1) is 9.07. The quantitative estimate of drug-likeness (QED) is 0.476. The lowest BCUT2D eigenvalue weighted by atomic mass is 9.91. The molecular weight excluding hydrogens is 266 g/mol. The van der Waals surface area contributed by atoms with Crippen molar-refractivity contribution in [2.24, 2.45) is 0 Å². The van der Waals surface area contributed by atoms with E-state index in [9.17, 15) is 14.7 Å². The summed E-state index contributed by atoms with van der Waals surface area (Å²) in [4.78, 5) is 23.2. The van der Waals surface area contributed by atoms with Crippen LogP contribution in [0.4, 0.5) is 0 Å². The van der Waals surface area contributed by atoms with Gasteiger partial charge in [-0.15, -0.1) is 0 Å². The fraction of sp³-hybridized carbons (Fsp3) is 0.538. The Bertz CT molecular complexity index is 501. The molecular formula is C13H20NO6+. The van der Waals surface area contributed by atoms with Gasteiger partial charge in [-0.25, -0.2) is 0 Å². The number of aliphatic hydroxyl groups excluding tert-OH is 1. The number of likely N-dealkylation sites (N-methyl/N-ethyl adjacent to an activating group) is 1. The van der Waals surface area contributed by atoms with Crippen molar-refractivity contribution in [2.45, 2.75) is 18.6 Å². The monoisotopic (exact) mass is 286 g/mol. The number of nitrogens with zero attached hydrogens (tertiary/aromatic N) is 1. The van der Waals surface area contributed by atoms with Crippen LogP contribution in [0.3, 0.4) is 0 Å². The van der Waals surface area contributed by atoms with E-state index < -0.39 is 23.8 Å². The minimum atomic E-state index is -2.06. The summed E-state index contributed by atoms with van der Waals surface area (Å²) in [5.74, 6) is -2.06. The summed E-state index contributed by atoms with van der Waals surface area (Å²) in [7, 11) is 5.21. The lowest BCUT2D eigenvalue weighted by Gasteiger charge is -2.33. The summed E-state index contributed by atoms with van der Waals surface area (Å²) in [5.41, 5.74) is -2.06. The Morgan fingerprint density at radius 2 is 1.90 bits per heavy atom. The molecule has 0 aliphatic carbocycles. The van der Waals surface area contributed by atoms with Gasteiger partial charge in [0.1, 0.15) is 18.9 Å². The van der Waals surface area contributed by atoms with E-state index in [0.717, 1.165) is 0 Å². The second kappa shape index (κ2) is 5.74. The van der Waals surface area contributed by atoms with Crippen LogP contribution >= 0.6 is 0 Å². The van der Waals surface area contributed by atoms with Crippen LogP contribution in [-0.4, -0.2) is 64.8 Å². The van der Waals surface area contributed by atoms with Crippen LogP contribution in [0.15, 0.2) is 16.5 Å². The van der Waals surface area contributed by atoms with Crippen LogP contribution in [0.1, 0.15) is 22.7 Å². The number of carbonyl (C=O) groups excluding carboxylic acids is 1. The van der Waals surface area contributed by atoms with Gasteiger partial charge in [-0.2, -0.15) is 0 Å². The van der Waals surface area contributed by atoms with Crippen LogP contribution in [0.2, 0.25) is 0 Å². The van der Waals surface area contributed by atoms with Crippen LogP contribution in [-0.2, 0) is 11.4 Å². The van der Waals surface area contributed by atoms with Crippen LogP contribution in [0.5, 0.6) is 0 Å². The summed E-state index contributed by atoms with van der Waals surface area (Å²) in [5, 5.41) is 28.3. The molecule has 0 aliphatic rings. The van der Waals surface area contributed by atoms with Gasteiger partial charge in [0.15, 0.2) is 11.4 Å². The van der Waals surface area contributed by atoms with Gasteiger partial charge in [0, 0.05) is 0 Å². The van der Waals surface area contributed by atoms with Crippen molar-refractivity contribution >= 4 is 11.8 Å². The molecule has 7 heteroatoms. The van der Waals surface area contributed by atoms with Gasteiger partial charge in [0.25, 0.3) is 0 Å². The number of carboxylic acid groups (broad SMARTS) is 1. The first kappa shape index (κ1) is 16.4. The van der Waals surface area contributed by atoms with E-state index in [2.05, 4.69) is 0 Å². The predicted molar refractivity (Wildman–Crippen MR) is 69.1 cm³/mol. The Morgan fingerprint density at radius 1 is 1.30 bits per heavy atom. The SMILES string of the molecule is C[N+](C)(C)CC(O)(CC(=O)O)C(=O)c1ccc(CO)o1. The molecule has 0 bridgehead atoms. The highest BCUT2D eigenvalue weighted by Gasteiger charge is 2.45. The first-order valence-corrected chi connectivity index (χ1v) is 6.06. The van der Waals surface area contributed by atoms with E-state index in [1.54, 1.807) is 21.1 Å². The Hall–Kier alpha value is -1.70. The molecule has 0 spiro atoms. The molecule has 0 saturated heterocycles. The molecule has 1 aromatic heterocycles. The molecule has 20 heavy (non-hydrogen) atoms. The molecule has 0 amide bonds. The van der Waals surface area contributed by atoms with E-state index in [-0.39, 0.29) is 29.2 Å². The number of hydrogen-bond donors (Lipinski definition) is 3. The highest BCUT2D eigenvalue weighted by molar-refractivity contribution is 6.02. The van der Waals surface area contributed by atoms with Gasteiger partial charge in [-0.3, -0.25) is 9.59 Å². The molecule has 0 radical (unpaired) electrons. The maximum absolute atomic E-state index is 12.3. The van der Waals surface area contributed by atoms with Gasteiger partial charge in [0.05, 0.1) is 27.6 Å². The molecule has 1 unspecified atom stereocenters. The van der Waals surface area contributed by atoms with Crippen molar-refractivity contribution in [1.29, 1.82) is 0 Å². The van der Waals surface area contributed by atoms with Crippen LogP contribution in [0.25, 0.3) is 0 Å². The zero-order valence-corrected chi connectivity index (χ0v) is 11.8. The van der Waals surface area contributed by atoms with Crippen LogP contribution in [0, 0.1) is 0 Å². The average Bonchev–Trinajstić information content (AvgIpc) is 2.72. The van der Waals surface area contributed by atoms with Crippen molar-refractivity contribution in [3.8, 4) is 0 Å². The van der Waals surface area contributed by atoms with Gasteiger partial charge in [-0.1, -0.05) is 0 Å². The number of rotatable bonds is 7. The Labute approximate surface area is 116 Å². The summed E-state index contributed by atoms with van der Waals surface area (Å²) < 4.78 is 5.29. The van der Waals surface area contributed by atoms with Crippen LogP contribution < -0.4 is 0 Å². The zero-order valence-electron chi connectivity index (χ0n) is 11.8. The Balaban J connectivity index is 3.09. The number of hydrogen-bond acceptors (Lipinski definition) is 5. The normalized spacial score (nSPS) is 14.8. The number of aliphatic carboxylic acids is 1. The maximum atomic E-state index is 12.3. The fourth-order valence-corrected chi connectivity index (χ4v) is 2.06. The number of carboxylic acids is 1.